The first-order valence-corrected chi connectivity index (χ1v) is 20.4. The molecule has 0 atom stereocenters. The highest BCUT2D eigenvalue weighted by Crippen LogP contribution is 2.38. The molecule has 50 heavy (non-hydrogen) atoms. The second kappa shape index (κ2) is 19.8. The predicted octanol–water partition coefficient (Wildman–Crippen LogP) is 12.2. The molecule has 0 aromatic heterocycles. The fraction of sp³-hybridized carbons (Fsp3) is 0.548. The van der Waals surface area contributed by atoms with Crippen molar-refractivity contribution in [2.75, 3.05) is 22.0 Å². The Morgan fingerprint density at radius 2 is 1.30 bits per heavy atom. The number of amides is 1. The summed E-state index contributed by atoms with van der Waals surface area (Å²) in [6, 6.07) is 15.4. The van der Waals surface area contributed by atoms with Crippen LogP contribution < -0.4 is 20.1 Å². The third-order valence-corrected chi connectivity index (χ3v) is 10.6. The molecule has 0 saturated carbocycles. The van der Waals surface area contributed by atoms with Gasteiger partial charge in [0.05, 0.1) is 28.6 Å². The third-order valence-electron chi connectivity index (χ3n) is 9.11. The fourth-order valence-electron chi connectivity index (χ4n) is 6.12. The number of carbonyl (C=O) groups is 1. The Balaban J connectivity index is 1.97. The molecule has 0 saturated heterocycles. The largest absolute Gasteiger partial charge is 0.494 e. The lowest BCUT2D eigenvalue weighted by Crippen LogP contribution is -2.20. The second-order valence-corrected chi connectivity index (χ2v) is 16.2. The van der Waals surface area contributed by atoms with Crippen LogP contribution in [0.1, 0.15) is 160 Å². The number of nitrogens with one attached hydrogen (secondary N) is 3. The smallest absolute Gasteiger partial charge is 0.262 e. The van der Waals surface area contributed by atoms with Crippen LogP contribution in [0.3, 0.4) is 0 Å². The standard InChI is InChI=1S/C42H63N3O4S/c1-10-12-14-16-17-19-40(46)44-39-28-35(25-32(9)41(39)43-34-20-22-36(23-21-34)49-24-18-15-13-11-2)45-50(47,48)42-37(30(5)6)26-33(29(3)4)27-38(42)31(7)8/h20-23,25-31,43,45H,10-19,24H2,1-9H3,(H,44,46). The number of hydrogen-bond acceptors (Lipinski definition) is 5. The van der Waals surface area contributed by atoms with E-state index in [9.17, 15) is 13.2 Å². The van der Waals surface area contributed by atoms with Gasteiger partial charge in [0.1, 0.15) is 5.75 Å². The first-order valence-electron chi connectivity index (χ1n) is 18.9. The Labute approximate surface area is 303 Å². The van der Waals surface area contributed by atoms with Gasteiger partial charge in [-0.05, 0) is 96.2 Å². The van der Waals surface area contributed by atoms with E-state index < -0.39 is 10.0 Å². The van der Waals surface area contributed by atoms with E-state index in [1.807, 2.05) is 77.1 Å². The van der Waals surface area contributed by atoms with Crippen molar-refractivity contribution in [2.24, 2.45) is 0 Å². The van der Waals surface area contributed by atoms with Crippen LogP contribution in [0.2, 0.25) is 0 Å². The summed E-state index contributed by atoms with van der Waals surface area (Å²) in [6.45, 7) is 19.4. The summed E-state index contributed by atoms with van der Waals surface area (Å²) < 4.78 is 37.5. The summed E-state index contributed by atoms with van der Waals surface area (Å²) in [7, 11) is -3.98. The molecule has 0 aliphatic heterocycles. The summed E-state index contributed by atoms with van der Waals surface area (Å²) >= 11 is 0. The Kier molecular flexibility index (Phi) is 16.2. The van der Waals surface area contributed by atoms with Crippen LogP contribution in [-0.2, 0) is 14.8 Å². The predicted molar refractivity (Wildman–Crippen MR) is 212 cm³/mol. The maximum Gasteiger partial charge on any atom is 0.262 e. The molecule has 1 amide bonds. The van der Waals surface area contributed by atoms with Crippen LogP contribution in [0, 0.1) is 6.92 Å². The summed E-state index contributed by atoms with van der Waals surface area (Å²) in [5, 5.41) is 6.58. The average molecular weight is 706 g/mol. The second-order valence-electron chi connectivity index (χ2n) is 14.6. The van der Waals surface area contributed by atoms with Gasteiger partial charge in [-0.15, -0.1) is 0 Å². The Morgan fingerprint density at radius 1 is 0.720 bits per heavy atom. The molecular weight excluding hydrogens is 643 g/mol. The highest BCUT2D eigenvalue weighted by Gasteiger charge is 2.27. The maximum absolute atomic E-state index is 14.3. The Bertz CT molecular complexity index is 1600. The van der Waals surface area contributed by atoms with Crippen LogP contribution in [0.4, 0.5) is 22.7 Å². The number of rotatable bonds is 21. The van der Waals surface area contributed by atoms with Gasteiger partial charge in [-0.3, -0.25) is 9.52 Å². The highest BCUT2D eigenvalue weighted by molar-refractivity contribution is 7.92. The molecule has 0 aliphatic rings. The van der Waals surface area contributed by atoms with Crippen molar-refractivity contribution in [2.45, 2.75) is 149 Å². The number of benzene rings is 3. The molecule has 7 nitrogen and oxygen atoms in total. The molecule has 8 heteroatoms. The van der Waals surface area contributed by atoms with E-state index in [0.29, 0.717) is 35.0 Å². The van der Waals surface area contributed by atoms with Gasteiger partial charge < -0.3 is 15.4 Å². The van der Waals surface area contributed by atoms with E-state index in [2.05, 4.69) is 43.1 Å². The molecule has 0 radical (unpaired) electrons. The number of sulfonamides is 1. The lowest BCUT2D eigenvalue weighted by atomic mass is 9.89. The van der Waals surface area contributed by atoms with Crippen molar-refractivity contribution >= 4 is 38.7 Å². The number of anilines is 4. The molecule has 276 valence electrons. The number of carbonyl (C=O) groups excluding carboxylic acids is 1. The molecule has 3 N–H and O–H groups in total. The van der Waals surface area contributed by atoms with E-state index in [4.69, 9.17) is 4.74 Å². The van der Waals surface area contributed by atoms with E-state index in [-0.39, 0.29) is 23.7 Å². The normalized spacial score (nSPS) is 11.8. The zero-order chi connectivity index (χ0) is 36.8. The molecule has 3 aromatic rings. The van der Waals surface area contributed by atoms with Gasteiger partial charge in [0, 0.05) is 12.1 Å². The van der Waals surface area contributed by atoms with Crippen LogP contribution >= 0.6 is 0 Å². The van der Waals surface area contributed by atoms with Gasteiger partial charge >= 0.3 is 0 Å². The third kappa shape index (κ3) is 12.1. The van der Waals surface area contributed by atoms with Crippen molar-refractivity contribution in [3.05, 3.63) is 70.8 Å². The van der Waals surface area contributed by atoms with Crippen LogP contribution in [0.25, 0.3) is 0 Å². The van der Waals surface area contributed by atoms with Crippen LogP contribution in [0.15, 0.2) is 53.4 Å². The number of aryl methyl sites for hydroxylation is 1. The van der Waals surface area contributed by atoms with Gasteiger partial charge in [0.15, 0.2) is 0 Å². The minimum atomic E-state index is -3.98. The van der Waals surface area contributed by atoms with Gasteiger partial charge in [-0.25, -0.2) is 8.42 Å². The topological polar surface area (TPSA) is 96.5 Å². The zero-order valence-electron chi connectivity index (χ0n) is 32.2. The van der Waals surface area contributed by atoms with Gasteiger partial charge in [-0.1, -0.05) is 112 Å². The van der Waals surface area contributed by atoms with Gasteiger partial charge in [0.2, 0.25) is 5.91 Å². The van der Waals surface area contributed by atoms with Gasteiger partial charge in [-0.2, -0.15) is 0 Å². The molecule has 0 heterocycles. The first kappa shape index (κ1) is 40.9. The molecular formula is C42H63N3O4S. The molecule has 0 fully saturated rings. The summed E-state index contributed by atoms with van der Waals surface area (Å²) in [6.07, 6.45) is 10.2. The molecule has 0 spiro atoms. The van der Waals surface area contributed by atoms with E-state index in [0.717, 1.165) is 78.6 Å². The summed E-state index contributed by atoms with van der Waals surface area (Å²) in [5.41, 5.74) is 6.03. The van der Waals surface area contributed by atoms with Gasteiger partial charge in [0.25, 0.3) is 10.0 Å². The Hall–Kier alpha value is -3.52. The maximum atomic E-state index is 14.3. The number of ether oxygens (including phenoxy) is 1. The van der Waals surface area contributed by atoms with Crippen molar-refractivity contribution in [1.82, 2.24) is 0 Å². The fourth-order valence-corrected chi connectivity index (χ4v) is 7.86. The monoisotopic (exact) mass is 705 g/mol. The van der Waals surface area contributed by atoms with E-state index in [1.54, 1.807) is 6.07 Å². The molecule has 0 bridgehead atoms. The quantitative estimate of drug-likeness (QED) is 0.0959. The van der Waals surface area contributed by atoms with Crippen LogP contribution in [0.5, 0.6) is 5.75 Å². The first-order chi connectivity index (χ1) is 23.8. The Morgan fingerprint density at radius 3 is 1.86 bits per heavy atom. The zero-order valence-corrected chi connectivity index (χ0v) is 33.0. The number of unbranched alkanes of at least 4 members (excludes halogenated alkanes) is 7. The van der Waals surface area contributed by atoms with Crippen molar-refractivity contribution in [3.8, 4) is 5.75 Å². The van der Waals surface area contributed by atoms with E-state index >= 15 is 0 Å². The molecule has 0 unspecified atom stereocenters. The lowest BCUT2D eigenvalue weighted by molar-refractivity contribution is -0.116. The molecule has 3 aromatic carbocycles. The number of hydrogen-bond donors (Lipinski definition) is 3. The highest BCUT2D eigenvalue weighted by atomic mass is 32.2. The molecule has 3 rings (SSSR count). The van der Waals surface area contributed by atoms with E-state index in [1.165, 1.54) is 12.8 Å². The summed E-state index contributed by atoms with van der Waals surface area (Å²) in [4.78, 5) is 13.6. The van der Waals surface area contributed by atoms with Crippen molar-refractivity contribution in [3.63, 3.8) is 0 Å². The minimum absolute atomic E-state index is 0.0103. The van der Waals surface area contributed by atoms with Crippen LogP contribution in [-0.4, -0.2) is 20.9 Å². The SMILES string of the molecule is CCCCCCCC(=O)Nc1cc(NS(=O)(=O)c2c(C(C)C)cc(C(C)C)cc2C(C)C)cc(C)c1Nc1ccc(OCCCCCC)cc1. The summed E-state index contributed by atoms with van der Waals surface area (Å²) in [5.74, 6) is 1.01. The molecule has 0 aliphatic carbocycles. The lowest BCUT2D eigenvalue weighted by Gasteiger charge is -2.24. The van der Waals surface area contributed by atoms with Crippen molar-refractivity contribution < 1.29 is 17.9 Å². The van der Waals surface area contributed by atoms with Crippen molar-refractivity contribution in [1.29, 1.82) is 0 Å². The average Bonchev–Trinajstić information content (AvgIpc) is 3.05. The minimum Gasteiger partial charge on any atom is -0.494 e.